The van der Waals surface area contributed by atoms with Gasteiger partial charge in [-0.05, 0) is 18.2 Å². The lowest BCUT2D eigenvalue weighted by atomic mass is 10.1. The smallest absolute Gasteiger partial charge is 0.221 e. The highest BCUT2D eigenvalue weighted by Crippen LogP contribution is 2.25. The van der Waals surface area contributed by atoms with E-state index in [1.165, 1.54) is 18.2 Å². The highest BCUT2D eigenvalue weighted by atomic mass is 35.5. The number of nitrogen functional groups attached to an aromatic ring is 1. The number of anilines is 1. The van der Waals surface area contributed by atoms with Gasteiger partial charge < -0.3 is 5.73 Å². The molecule has 2 aromatic rings. The highest BCUT2D eigenvalue weighted by Gasteiger charge is 2.09. The maximum Gasteiger partial charge on any atom is 0.221 e. The van der Waals surface area contributed by atoms with Gasteiger partial charge in [0, 0.05) is 16.7 Å². The monoisotopic (exact) mass is 257 g/mol. The fourth-order valence-electron chi connectivity index (χ4n) is 1.27. The van der Waals surface area contributed by atoms with E-state index in [0.717, 1.165) is 0 Å². The molecule has 0 saturated heterocycles. The molecule has 0 spiro atoms. The minimum Gasteiger partial charge on any atom is -0.368 e. The molecule has 0 saturated carbocycles. The van der Waals surface area contributed by atoms with Crippen LogP contribution >= 0.6 is 23.2 Å². The van der Waals surface area contributed by atoms with Crippen LogP contribution in [0, 0.1) is 5.82 Å². The molecule has 16 heavy (non-hydrogen) atoms. The zero-order chi connectivity index (χ0) is 11.7. The molecule has 1 aromatic heterocycles. The van der Waals surface area contributed by atoms with Gasteiger partial charge in [-0.2, -0.15) is 0 Å². The predicted octanol–water partition coefficient (Wildman–Crippen LogP) is 3.17. The lowest BCUT2D eigenvalue weighted by Gasteiger charge is -2.04. The normalized spacial score (nSPS) is 10.4. The summed E-state index contributed by atoms with van der Waals surface area (Å²) in [6, 6.07) is 5.70. The van der Waals surface area contributed by atoms with Crippen LogP contribution in [-0.2, 0) is 0 Å². The third-order valence-electron chi connectivity index (χ3n) is 1.92. The number of nitrogens with zero attached hydrogens (tertiary/aromatic N) is 2. The average molecular weight is 258 g/mol. The average Bonchev–Trinajstić information content (AvgIpc) is 2.15. The minimum absolute atomic E-state index is 0.00292. The Bertz CT molecular complexity index is 525. The first-order valence-electron chi connectivity index (χ1n) is 4.32. The summed E-state index contributed by atoms with van der Waals surface area (Å²) >= 11 is 11.3. The molecule has 3 nitrogen and oxygen atoms in total. The van der Waals surface area contributed by atoms with E-state index < -0.39 is 5.82 Å². The Hall–Kier alpha value is -1.39. The molecule has 2 rings (SSSR count). The van der Waals surface area contributed by atoms with Crippen LogP contribution in [0.25, 0.3) is 11.3 Å². The number of hydrogen-bond donors (Lipinski definition) is 1. The first-order valence-corrected chi connectivity index (χ1v) is 5.07. The fraction of sp³-hybridized carbons (Fsp3) is 0. The molecule has 1 aromatic carbocycles. The summed E-state index contributed by atoms with van der Waals surface area (Å²) in [5, 5.41) is 0.478. The molecule has 0 bridgehead atoms. The first kappa shape index (κ1) is 11.1. The van der Waals surface area contributed by atoms with Crippen molar-refractivity contribution in [3.05, 3.63) is 40.3 Å². The van der Waals surface area contributed by atoms with Crippen LogP contribution in [0.5, 0.6) is 0 Å². The third-order valence-corrected chi connectivity index (χ3v) is 2.35. The van der Waals surface area contributed by atoms with Gasteiger partial charge in [0.05, 0.1) is 5.69 Å². The summed E-state index contributed by atoms with van der Waals surface area (Å²) in [4.78, 5) is 7.58. The Morgan fingerprint density at radius 1 is 1.12 bits per heavy atom. The van der Waals surface area contributed by atoms with Gasteiger partial charge in [0.2, 0.25) is 5.95 Å². The van der Waals surface area contributed by atoms with E-state index in [9.17, 15) is 4.39 Å². The summed E-state index contributed by atoms with van der Waals surface area (Å²) in [5.41, 5.74) is 6.03. The van der Waals surface area contributed by atoms with Crippen LogP contribution in [-0.4, -0.2) is 9.97 Å². The quantitative estimate of drug-likeness (QED) is 0.799. The number of halogens is 3. The van der Waals surface area contributed by atoms with Gasteiger partial charge in [-0.15, -0.1) is 0 Å². The maximum absolute atomic E-state index is 13.6. The third kappa shape index (κ3) is 2.23. The van der Waals surface area contributed by atoms with Gasteiger partial charge in [0.25, 0.3) is 0 Å². The molecule has 0 atom stereocenters. The second-order valence-corrected chi connectivity index (χ2v) is 3.88. The number of benzene rings is 1. The molecule has 6 heteroatoms. The van der Waals surface area contributed by atoms with E-state index in [4.69, 9.17) is 28.9 Å². The highest BCUT2D eigenvalue weighted by molar-refractivity contribution is 6.30. The fourth-order valence-corrected chi connectivity index (χ4v) is 1.62. The second-order valence-electron chi connectivity index (χ2n) is 3.06. The zero-order valence-corrected chi connectivity index (χ0v) is 9.43. The topological polar surface area (TPSA) is 51.8 Å². The summed E-state index contributed by atoms with van der Waals surface area (Å²) in [6.45, 7) is 0. The zero-order valence-electron chi connectivity index (χ0n) is 7.92. The Morgan fingerprint density at radius 3 is 2.50 bits per heavy atom. The molecule has 0 aliphatic carbocycles. The number of aromatic nitrogens is 2. The molecule has 1 heterocycles. The largest absolute Gasteiger partial charge is 0.368 e. The standard InChI is InChI=1S/C10H6Cl2FN3/c11-5-1-2-6(7(13)3-5)8-4-9(12)16-10(14)15-8/h1-4H,(H2,14,15,16). The van der Waals surface area contributed by atoms with Gasteiger partial charge in [0.1, 0.15) is 11.0 Å². The van der Waals surface area contributed by atoms with E-state index in [1.54, 1.807) is 6.07 Å². The Balaban J connectivity index is 2.58. The molecular weight excluding hydrogens is 252 g/mol. The summed E-state index contributed by atoms with van der Waals surface area (Å²) < 4.78 is 13.6. The lowest BCUT2D eigenvalue weighted by molar-refractivity contribution is 0.631. The van der Waals surface area contributed by atoms with Crippen LogP contribution in [0.15, 0.2) is 24.3 Å². The van der Waals surface area contributed by atoms with Crippen molar-refractivity contribution in [2.75, 3.05) is 5.73 Å². The number of nitrogens with two attached hydrogens (primary N) is 1. The van der Waals surface area contributed by atoms with Crippen LogP contribution in [0.2, 0.25) is 10.2 Å². The van der Waals surface area contributed by atoms with Gasteiger partial charge in [0.15, 0.2) is 0 Å². The van der Waals surface area contributed by atoms with E-state index in [-0.39, 0.29) is 16.7 Å². The Labute approximate surface area is 101 Å². The van der Waals surface area contributed by atoms with Gasteiger partial charge in [-0.3, -0.25) is 0 Å². The van der Waals surface area contributed by atoms with Crippen molar-refractivity contribution in [1.29, 1.82) is 0 Å². The summed E-state index contributed by atoms with van der Waals surface area (Å²) in [7, 11) is 0. The molecule has 0 amide bonds. The summed E-state index contributed by atoms with van der Waals surface area (Å²) in [6.07, 6.45) is 0. The van der Waals surface area contributed by atoms with E-state index in [0.29, 0.717) is 10.7 Å². The van der Waals surface area contributed by atoms with Crippen LogP contribution in [0.4, 0.5) is 10.3 Å². The molecule has 82 valence electrons. The van der Waals surface area contributed by atoms with Crippen LogP contribution in [0.3, 0.4) is 0 Å². The van der Waals surface area contributed by atoms with Crippen molar-refractivity contribution in [1.82, 2.24) is 9.97 Å². The van der Waals surface area contributed by atoms with Crippen molar-refractivity contribution in [3.63, 3.8) is 0 Å². The predicted molar refractivity (Wildman–Crippen MR) is 61.9 cm³/mol. The first-order chi connectivity index (χ1) is 7.56. The molecule has 0 unspecified atom stereocenters. The second kappa shape index (κ2) is 4.23. The molecular formula is C10H6Cl2FN3. The molecule has 0 aliphatic rings. The maximum atomic E-state index is 13.6. The van der Waals surface area contributed by atoms with Crippen molar-refractivity contribution in [3.8, 4) is 11.3 Å². The number of rotatable bonds is 1. The molecule has 2 N–H and O–H groups in total. The van der Waals surface area contributed by atoms with Crippen molar-refractivity contribution >= 4 is 29.2 Å². The van der Waals surface area contributed by atoms with Gasteiger partial charge in [-0.1, -0.05) is 23.2 Å². The lowest BCUT2D eigenvalue weighted by Crippen LogP contribution is -1.97. The van der Waals surface area contributed by atoms with Gasteiger partial charge in [-0.25, -0.2) is 14.4 Å². The minimum atomic E-state index is -0.485. The molecule has 0 aliphatic heterocycles. The SMILES string of the molecule is Nc1nc(Cl)cc(-c2ccc(Cl)cc2F)n1. The van der Waals surface area contributed by atoms with Crippen molar-refractivity contribution in [2.45, 2.75) is 0 Å². The van der Waals surface area contributed by atoms with Crippen LogP contribution < -0.4 is 5.73 Å². The molecule has 0 radical (unpaired) electrons. The Morgan fingerprint density at radius 2 is 1.88 bits per heavy atom. The molecule has 0 fully saturated rings. The van der Waals surface area contributed by atoms with Crippen molar-refractivity contribution < 1.29 is 4.39 Å². The van der Waals surface area contributed by atoms with E-state index in [1.807, 2.05) is 0 Å². The number of hydrogen-bond acceptors (Lipinski definition) is 3. The van der Waals surface area contributed by atoms with E-state index >= 15 is 0 Å². The van der Waals surface area contributed by atoms with Crippen LogP contribution in [0.1, 0.15) is 0 Å². The van der Waals surface area contributed by atoms with Gasteiger partial charge >= 0.3 is 0 Å². The van der Waals surface area contributed by atoms with Crippen molar-refractivity contribution in [2.24, 2.45) is 0 Å². The van der Waals surface area contributed by atoms with E-state index in [2.05, 4.69) is 9.97 Å². The summed E-state index contributed by atoms with van der Waals surface area (Å²) in [5.74, 6) is -0.487. The Kier molecular flexibility index (Phi) is 2.94.